The molecule has 0 spiro atoms. The molecule has 0 radical (unpaired) electrons. The van der Waals surface area contributed by atoms with Crippen LogP contribution in [0.5, 0.6) is 23.0 Å². The zero-order chi connectivity index (χ0) is 24.9. The van der Waals surface area contributed by atoms with Crippen molar-refractivity contribution >= 4 is 39.8 Å². The lowest BCUT2D eigenvalue weighted by Crippen LogP contribution is -2.35. The Morgan fingerprint density at radius 2 is 1.80 bits per heavy atom. The van der Waals surface area contributed by atoms with E-state index in [1.807, 2.05) is 32.0 Å². The van der Waals surface area contributed by atoms with Gasteiger partial charge in [-0.15, -0.1) is 0 Å². The minimum absolute atomic E-state index is 0.00265. The molecule has 0 bridgehead atoms. The number of hydrazone groups is 1. The maximum Gasteiger partial charge on any atom is 0.283 e. The first kappa shape index (κ1) is 24.3. The van der Waals surface area contributed by atoms with Gasteiger partial charge >= 0.3 is 0 Å². The summed E-state index contributed by atoms with van der Waals surface area (Å²) >= 11 is 1.32. The normalized spacial score (nSPS) is 16.3. The van der Waals surface area contributed by atoms with Gasteiger partial charge in [-0.2, -0.15) is 15.1 Å². The van der Waals surface area contributed by atoms with E-state index in [0.717, 1.165) is 10.8 Å². The van der Waals surface area contributed by atoms with Gasteiger partial charge in [0.15, 0.2) is 17.3 Å². The van der Waals surface area contributed by atoms with Gasteiger partial charge in [0.25, 0.3) is 5.91 Å². The van der Waals surface area contributed by atoms with E-state index in [1.54, 1.807) is 44.6 Å². The fourth-order valence-electron chi connectivity index (χ4n) is 3.30. The average molecular weight is 495 g/mol. The predicted molar refractivity (Wildman–Crippen MR) is 137 cm³/mol. The van der Waals surface area contributed by atoms with Crippen molar-refractivity contribution in [3.05, 3.63) is 53.6 Å². The smallest absolute Gasteiger partial charge is 0.283 e. The number of benzene rings is 2. The van der Waals surface area contributed by atoms with E-state index >= 15 is 0 Å². The van der Waals surface area contributed by atoms with Gasteiger partial charge in [-0.3, -0.25) is 10.2 Å². The summed E-state index contributed by atoms with van der Waals surface area (Å²) in [5.41, 5.74) is 0.832. The first-order chi connectivity index (χ1) is 16.9. The number of fused-ring (bicyclic) bond motifs is 1. The van der Waals surface area contributed by atoms with Crippen molar-refractivity contribution in [1.82, 2.24) is 5.01 Å². The summed E-state index contributed by atoms with van der Waals surface area (Å²) in [5.74, 6) is 2.15. The number of carbonyl (C=O) groups is 1. The summed E-state index contributed by atoms with van der Waals surface area (Å²) in [6.07, 6.45) is 1.61. The number of rotatable bonds is 9. The molecule has 10 heteroatoms. The molecule has 2 aromatic rings. The van der Waals surface area contributed by atoms with E-state index < -0.39 is 5.91 Å². The number of thioether (sulfide) groups is 1. The standard InChI is InChI=1S/C25H26N4O5S/c1-15(2)24-28-29-22(26)19(23(30)27-25(29)35-24)12-16-8-9-20(21(13-16)32-4)34-11-10-33-18-7-5-6-17(14-18)31-3/h5-9,12-15,26H,10-11H2,1-4H3/b19-12-,26-22?. The van der Waals surface area contributed by atoms with E-state index in [-0.39, 0.29) is 17.3 Å². The van der Waals surface area contributed by atoms with Crippen molar-refractivity contribution in [2.75, 3.05) is 27.4 Å². The van der Waals surface area contributed by atoms with Crippen LogP contribution in [0.3, 0.4) is 0 Å². The van der Waals surface area contributed by atoms with Crippen molar-refractivity contribution in [3.8, 4) is 23.0 Å². The number of nitrogens with zero attached hydrogens (tertiary/aromatic N) is 3. The molecule has 1 N–H and O–H groups in total. The zero-order valence-corrected chi connectivity index (χ0v) is 20.7. The minimum atomic E-state index is -0.469. The highest BCUT2D eigenvalue weighted by molar-refractivity contribution is 8.27. The number of aliphatic imine (C=N–C) groups is 1. The van der Waals surface area contributed by atoms with Crippen LogP contribution in [0.2, 0.25) is 0 Å². The molecule has 2 heterocycles. The third-order valence-electron chi connectivity index (χ3n) is 5.11. The summed E-state index contributed by atoms with van der Waals surface area (Å²) in [5, 5.41) is 15.6. The molecule has 0 fully saturated rings. The lowest BCUT2D eigenvalue weighted by Gasteiger charge is -2.20. The van der Waals surface area contributed by atoms with Crippen molar-refractivity contribution < 1.29 is 23.7 Å². The predicted octanol–water partition coefficient (Wildman–Crippen LogP) is 4.44. The van der Waals surface area contributed by atoms with Crippen LogP contribution in [-0.4, -0.2) is 54.4 Å². The maximum absolute atomic E-state index is 12.6. The first-order valence-electron chi connectivity index (χ1n) is 11.0. The second-order valence-electron chi connectivity index (χ2n) is 7.90. The molecule has 2 aliphatic heterocycles. The Morgan fingerprint density at radius 3 is 2.54 bits per heavy atom. The van der Waals surface area contributed by atoms with Gasteiger partial charge in [-0.25, -0.2) is 0 Å². The Morgan fingerprint density at radius 1 is 1.03 bits per heavy atom. The SMILES string of the molecule is COc1cccc(OCCOc2ccc(/C=C3/C(=N)N4N=C(C(C)C)SC4=NC3=O)cc2OC)c1. The van der Waals surface area contributed by atoms with Gasteiger partial charge in [0.1, 0.15) is 29.8 Å². The Bertz CT molecular complexity index is 1240. The highest BCUT2D eigenvalue weighted by Crippen LogP contribution is 2.32. The molecule has 0 aromatic heterocycles. The topological polar surface area (TPSA) is 106 Å². The second kappa shape index (κ2) is 10.6. The molecule has 2 aliphatic rings. The van der Waals surface area contributed by atoms with Crippen LogP contribution < -0.4 is 18.9 Å². The number of amidine groups is 2. The third kappa shape index (κ3) is 5.48. The molecule has 2 aromatic carbocycles. The molecule has 35 heavy (non-hydrogen) atoms. The van der Waals surface area contributed by atoms with Gasteiger partial charge < -0.3 is 18.9 Å². The summed E-state index contributed by atoms with van der Waals surface area (Å²) in [4.78, 5) is 16.7. The van der Waals surface area contributed by atoms with Gasteiger partial charge in [0, 0.05) is 12.0 Å². The molecule has 182 valence electrons. The van der Waals surface area contributed by atoms with E-state index in [0.29, 0.717) is 41.2 Å². The van der Waals surface area contributed by atoms with Gasteiger partial charge in [0.05, 0.1) is 19.8 Å². The Hall–Kier alpha value is -3.79. The van der Waals surface area contributed by atoms with E-state index in [2.05, 4.69) is 10.1 Å². The molecule has 0 saturated carbocycles. The number of carbonyl (C=O) groups excluding carboxylic acids is 1. The van der Waals surface area contributed by atoms with Crippen molar-refractivity contribution in [2.24, 2.45) is 16.0 Å². The number of nitrogens with one attached hydrogen (secondary N) is 1. The number of amides is 1. The van der Waals surface area contributed by atoms with Crippen molar-refractivity contribution in [1.29, 1.82) is 5.41 Å². The van der Waals surface area contributed by atoms with Crippen molar-refractivity contribution in [2.45, 2.75) is 13.8 Å². The molecule has 9 nitrogen and oxygen atoms in total. The molecule has 1 amide bonds. The quantitative estimate of drug-likeness (QED) is 0.406. The number of ether oxygens (including phenoxy) is 4. The van der Waals surface area contributed by atoms with Crippen LogP contribution in [-0.2, 0) is 4.79 Å². The molecule has 0 saturated heterocycles. The Labute approximate surface area is 207 Å². The molecule has 0 atom stereocenters. The summed E-state index contributed by atoms with van der Waals surface area (Å²) in [6.45, 7) is 4.65. The monoisotopic (exact) mass is 494 g/mol. The molecule has 0 unspecified atom stereocenters. The molecule has 4 rings (SSSR count). The number of hydrogen-bond donors (Lipinski definition) is 1. The summed E-state index contributed by atoms with van der Waals surface area (Å²) in [6, 6.07) is 12.6. The molecule has 0 aliphatic carbocycles. The fraction of sp³-hybridized carbons (Fsp3) is 0.280. The summed E-state index contributed by atoms with van der Waals surface area (Å²) in [7, 11) is 3.15. The Kier molecular flexibility index (Phi) is 7.40. The fourth-order valence-corrected chi connectivity index (χ4v) is 4.19. The zero-order valence-electron chi connectivity index (χ0n) is 19.9. The van der Waals surface area contributed by atoms with Crippen LogP contribution in [0.15, 0.2) is 58.1 Å². The average Bonchev–Trinajstić information content (AvgIpc) is 3.29. The lowest BCUT2D eigenvalue weighted by molar-refractivity contribution is -0.114. The lowest BCUT2D eigenvalue weighted by atomic mass is 10.1. The van der Waals surface area contributed by atoms with Gasteiger partial charge in [-0.05, 0) is 47.7 Å². The van der Waals surface area contributed by atoms with Crippen LogP contribution in [0.25, 0.3) is 6.08 Å². The van der Waals surface area contributed by atoms with E-state index in [9.17, 15) is 4.79 Å². The van der Waals surface area contributed by atoms with Crippen LogP contribution in [0.4, 0.5) is 0 Å². The van der Waals surface area contributed by atoms with Gasteiger partial charge in [0.2, 0.25) is 5.17 Å². The van der Waals surface area contributed by atoms with Crippen LogP contribution in [0.1, 0.15) is 19.4 Å². The third-order valence-corrected chi connectivity index (χ3v) is 6.32. The second-order valence-corrected chi connectivity index (χ2v) is 8.89. The van der Waals surface area contributed by atoms with Crippen LogP contribution >= 0.6 is 11.8 Å². The largest absolute Gasteiger partial charge is 0.497 e. The summed E-state index contributed by atoms with van der Waals surface area (Å²) < 4.78 is 22.2. The molecular weight excluding hydrogens is 468 g/mol. The highest BCUT2D eigenvalue weighted by atomic mass is 32.2. The van der Waals surface area contributed by atoms with Gasteiger partial charge in [-0.1, -0.05) is 26.0 Å². The number of methoxy groups -OCH3 is 2. The maximum atomic E-state index is 12.6. The highest BCUT2D eigenvalue weighted by Gasteiger charge is 2.36. The first-order valence-corrected chi connectivity index (χ1v) is 11.8. The van der Waals surface area contributed by atoms with E-state index in [4.69, 9.17) is 24.4 Å². The van der Waals surface area contributed by atoms with E-state index in [1.165, 1.54) is 16.8 Å². The number of hydrogen-bond acceptors (Lipinski definition) is 8. The Balaban J connectivity index is 1.43. The molecular formula is C25H26N4O5S. The minimum Gasteiger partial charge on any atom is -0.497 e. The van der Waals surface area contributed by atoms with Crippen molar-refractivity contribution in [3.63, 3.8) is 0 Å². The van der Waals surface area contributed by atoms with Crippen LogP contribution in [0, 0.1) is 11.3 Å².